The van der Waals surface area contributed by atoms with Gasteiger partial charge in [-0.25, -0.2) is 0 Å². The van der Waals surface area contributed by atoms with E-state index < -0.39 is 5.91 Å². The number of nitrogens with zero attached hydrogens (tertiary/aromatic N) is 1. The van der Waals surface area contributed by atoms with Gasteiger partial charge >= 0.3 is 0 Å². The van der Waals surface area contributed by atoms with E-state index in [9.17, 15) is 10.1 Å². The number of allylic oxidation sites excluding steroid dienone is 16. The van der Waals surface area contributed by atoms with Crippen molar-refractivity contribution in [2.75, 3.05) is 146 Å². The van der Waals surface area contributed by atoms with Crippen LogP contribution in [0.4, 0.5) is 5.69 Å². The quantitative estimate of drug-likeness (QED) is 0.0561. The van der Waals surface area contributed by atoms with Crippen LogP contribution in [0, 0.1) is 23.2 Å². The van der Waals surface area contributed by atoms with Gasteiger partial charge in [0.1, 0.15) is 19.8 Å². The van der Waals surface area contributed by atoms with E-state index in [0.29, 0.717) is 96.3 Å². The molecule has 1 N–H and O–H groups in total. The van der Waals surface area contributed by atoms with Gasteiger partial charge in [0, 0.05) is 44.4 Å². The van der Waals surface area contributed by atoms with Crippen molar-refractivity contribution >= 4 is 17.2 Å². The second-order valence-corrected chi connectivity index (χ2v) is 15.6. The first-order valence-electron chi connectivity index (χ1n) is 23.0. The van der Waals surface area contributed by atoms with Crippen LogP contribution in [0.5, 0.6) is 17.2 Å². The highest BCUT2D eigenvalue weighted by molar-refractivity contribution is 6.05. The molecule has 0 radical (unpaired) electrons. The molecule has 2 unspecified atom stereocenters. The first-order valence-corrected chi connectivity index (χ1v) is 23.0. The topological polar surface area (TPSA) is 164 Å². The largest absolute Gasteiger partial charge is 0.487 e. The summed E-state index contributed by atoms with van der Waals surface area (Å²) in [6.07, 6.45) is 21.4. The molecule has 4 aliphatic carbocycles. The average molecular weight is 937 g/mol. The van der Waals surface area contributed by atoms with E-state index in [2.05, 4.69) is 66.1 Å². The lowest BCUT2D eigenvalue weighted by Crippen LogP contribution is -2.29. The predicted molar refractivity (Wildman–Crippen MR) is 257 cm³/mol. The minimum Gasteiger partial charge on any atom is -0.487 e. The zero-order valence-corrected chi connectivity index (χ0v) is 39.4. The van der Waals surface area contributed by atoms with E-state index in [0.717, 1.165) is 11.1 Å². The third kappa shape index (κ3) is 15.7. The van der Waals surface area contributed by atoms with E-state index in [-0.39, 0.29) is 68.5 Å². The SMILES string of the molecule is COCCOCCOCCOc1cc(C(=O)Nc2ccc(/C(C#N)=C/C3=C4C=CC5=CC=CC6=CC=C(C=C3)C4C56)cc2)cc(OCCOCCOCCOC)c1OCCOCCOCCOC. The summed E-state index contributed by atoms with van der Waals surface area (Å²) in [7, 11) is 4.86. The lowest BCUT2D eigenvalue weighted by atomic mass is 9.63. The number of nitrogens with one attached hydrogen (secondary N) is 1. The Labute approximate surface area is 399 Å². The number of hydrogen-bond donors (Lipinski definition) is 1. The van der Waals surface area contributed by atoms with E-state index in [1.54, 1.807) is 45.6 Å². The maximum absolute atomic E-state index is 14.0. The maximum Gasteiger partial charge on any atom is 0.255 e. The van der Waals surface area contributed by atoms with Crippen molar-refractivity contribution in [1.29, 1.82) is 5.26 Å². The Morgan fingerprint density at radius 2 is 1.01 bits per heavy atom. The number of carbonyl (C=O) groups excluding carboxylic acids is 1. The molecule has 2 atom stereocenters. The molecule has 364 valence electrons. The maximum atomic E-state index is 14.0. The summed E-state index contributed by atoms with van der Waals surface area (Å²) in [6.45, 7) is 6.44. The molecule has 6 rings (SSSR count). The average Bonchev–Trinajstić information content (AvgIpc) is 3.36. The number of methoxy groups -OCH3 is 3. The minimum atomic E-state index is -0.417. The normalized spacial score (nSPS) is 16.7. The Balaban J connectivity index is 1.15. The first-order chi connectivity index (χ1) is 33.5. The standard InChI is InChI=1S/C53H64N2O13/c1-57-17-20-60-23-26-63-29-32-66-48-36-44(37-49(67-33-30-64-27-24-61-21-18-58-2)52(48)68-34-31-65-28-25-62-22-19-59-3)53(56)55-46-14-11-39(12-15-46)45(38-54)35-43-10-9-42-8-7-40-5-4-6-41-13-16-47(43)51(42)50(40)41/h4-16,35-37,50-51H,17-34H2,1-3H3,(H,55,56)/b45-35+. The lowest BCUT2D eigenvalue weighted by Gasteiger charge is -2.40. The summed E-state index contributed by atoms with van der Waals surface area (Å²) < 4.78 is 67.4. The Morgan fingerprint density at radius 3 is 1.54 bits per heavy atom. The number of benzene rings is 2. The van der Waals surface area contributed by atoms with E-state index in [1.165, 1.54) is 22.3 Å². The zero-order valence-electron chi connectivity index (χ0n) is 39.4. The monoisotopic (exact) mass is 936 g/mol. The van der Waals surface area contributed by atoms with Gasteiger partial charge in [0.05, 0.1) is 111 Å². The smallest absolute Gasteiger partial charge is 0.255 e. The fourth-order valence-electron chi connectivity index (χ4n) is 7.71. The fraction of sp³-hybridized carbons (Fsp3) is 0.434. The summed E-state index contributed by atoms with van der Waals surface area (Å²) >= 11 is 0. The van der Waals surface area contributed by atoms with Crippen LogP contribution in [0.1, 0.15) is 15.9 Å². The van der Waals surface area contributed by atoms with Gasteiger partial charge in [0.25, 0.3) is 5.91 Å². The van der Waals surface area contributed by atoms with Crippen LogP contribution in [0.3, 0.4) is 0 Å². The van der Waals surface area contributed by atoms with Crippen molar-refractivity contribution in [2.24, 2.45) is 11.8 Å². The molecule has 0 heterocycles. The van der Waals surface area contributed by atoms with Crippen LogP contribution < -0.4 is 19.5 Å². The molecular weight excluding hydrogens is 873 g/mol. The van der Waals surface area contributed by atoms with Crippen molar-refractivity contribution < 1.29 is 61.6 Å². The summed E-state index contributed by atoms with van der Waals surface area (Å²) in [5.74, 6) is 0.896. The van der Waals surface area contributed by atoms with Crippen molar-refractivity contribution in [3.63, 3.8) is 0 Å². The van der Waals surface area contributed by atoms with Crippen LogP contribution in [-0.4, -0.2) is 146 Å². The third-order valence-electron chi connectivity index (χ3n) is 11.0. The van der Waals surface area contributed by atoms with Crippen LogP contribution >= 0.6 is 0 Å². The highest BCUT2D eigenvalue weighted by atomic mass is 16.6. The second kappa shape index (κ2) is 29.3. The molecule has 0 fully saturated rings. The number of hydrogen-bond acceptors (Lipinski definition) is 14. The fourth-order valence-corrected chi connectivity index (χ4v) is 7.71. The molecule has 2 aromatic carbocycles. The van der Waals surface area contributed by atoms with Crippen molar-refractivity contribution in [2.45, 2.75) is 0 Å². The summed E-state index contributed by atoms with van der Waals surface area (Å²) in [6, 6.07) is 12.8. The van der Waals surface area contributed by atoms with Crippen LogP contribution in [0.15, 0.2) is 125 Å². The van der Waals surface area contributed by atoms with Crippen molar-refractivity contribution in [3.05, 3.63) is 136 Å². The van der Waals surface area contributed by atoms with Gasteiger partial charge in [-0.05, 0) is 63.8 Å². The van der Waals surface area contributed by atoms with Gasteiger partial charge in [-0.2, -0.15) is 5.26 Å². The van der Waals surface area contributed by atoms with Crippen LogP contribution in [0.25, 0.3) is 5.57 Å². The summed E-state index contributed by atoms with van der Waals surface area (Å²) in [4.78, 5) is 14.0. The molecule has 0 aliphatic heterocycles. The lowest BCUT2D eigenvalue weighted by molar-refractivity contribution is 0.0146. The Kier molecular flexibility index (Phi) is 22.3. The molecule has 15 heteroatoms. The van der Waals surface area contributed by atoms with Gasteiger partial charge in [-0.3, -0.25) is 4.79 Å². The molecule has 2 aromatic rings. The second-order valence-electron chi connectivity index (χ2n) is 15.6. The Hall–Kier alpha value is -5.64. The number of ether oxygens (including phenoxy) is 12. The molecular formula is C53H64N2O13. The molecule has 0 aromatic heterocycles. The molecule has 15 nitrogen and oxygen atoms in total. The van der Waals surface area contributed by atoms with E-state index >= 15 is 0 Å². The van der Waals surface area contributed by atoms with Gasteiger partial charge in [0.15, 0.2) is 11.5 Å². The Bertz CT molecular complexity index is 2190. The molecule has 0 saturated heterocycles. The van der Waals surface area contributed by atoms with E-state index in [1.807, 2.05) is 18.2 Å². The van der Waals surface area contributed by atoms with Crippen LogP contribution in [0.2, 0.25) is 0 Å². The Morgan fingerprint density at radius 1 is 0.544 bits per heavy atom. The highest BCUT2D eigenvalue weighted by Gasteiger charge is 2.38. The number of rotatable bonds is 34. The minimum absolute atomic E-state index is 0.147. The van der Waals surface area contributed by atoms with Crippen LogP contribution in [-0.2, 0) is 42.6 Å². The zero-order chi connectivity index (χ0) is 47.6. The molecule has 0 saturated carbocycles. The number of anilines is 1. The van der Waals surface area contributed by atoms with Crippen molar-refractivity contribution in [1.82, 2.24) is 0 Å². The predicted octanol–water partition coefficient (Wildman–Crippen LogP) is 7.05. The molecule has 1 amide bonds. The number of amides is 1. The molecule has 68 heavy (non-hydrogen) atoms. The highest BCUT2D eigenvalue weighted by Crippen LogP contribution is 2.50. The summed E-state index contributed by atoms with van der Waals surface area (Å²) in [5.41, 5.74) is 8.08. The number of nitriles is 1. The van der Waals surface area contributed by atoms with Crippen molar-refractivity contribution in [3.8, 4) is 23.3 Å². The number of carbonyl (C=O) groups is 1. The van der Waals surface area contributed by atoms with Gasteiger partial charge in [-0.15, -0.1) is 0 Å². The first kappa shape index (κ1) is 51.7. The van der Waals surface area contributed by atoms with E-state index in [4.69, 9.17) is 56.8 Å². The molecule has 4 aliphatic rings. The molecule has 0 bridgehead atoms. The third-order valence-corrected chi connectivity index (χ3v) is 11.0. The molecule has 0 spiro atoms. The van der Waals surface area contributed by atoms with Gasteiger partial charge in [0.2, 0.25) is 5.75 Å². The van der Waals surface area contributed by atoms with Gasteiger partial charge < -0.3 is 62.2 Å². The summed E-state index contributed by atoms with van der Waals surface area (Å²) in [5, 5.41) is 13.4. The van der Waals surface area contributed by atoms with Gasteiger partial charge in [-0.1, -0.05) is 66.8 Å².